The molecule has 0 saturated heterocycles. The number of aliphatic imine (C=N–C) groups is 1. The van der Waals surface area contributed by atoms with Gasteiger partial charge in [-0.2, -0.15) is 0 Å². The molecule has 3 amide bonds. The lowest BCUT2D eigenvalue weighted by Crippen LogP contribution is -2.51. The van der Waals surface area contributed by atoms with E-state index < -0.39 is 29.8 Å². The zero-order valence-electron chi connectivity index (χ0n) is 25.8. The number of benzene rings is 2. The van der Waals surface area contributed by atoms with Gasteiger partial charge >= 0.3 is 0 Å². The van der Waals surface area contributed by atoms with E-state index >= 15 is 0 Å². The van der Waals surface area contributed by atoms with Gasteiger partial charge in [-0.05, 0) is 55.2 Å². The molecule has 236 valence electrons. The highest BCUT2D eigenvalue weighted by Gasteiger charge is 2.35. The Morgan fingerprint density at radius 1 is 0.860 bits per heavy atom. The molecule has 2 aromatic rings. The van der Waals surface area contributed by atoms with Crippen molar-refractivity contribution in [3.8, 4) is 0 Å². The van der Waals surface area contributed by atoms with Crippen LogP contribution in [0.1, 0.15) is 63.6 Å². The molecule has 11 nitrogen and oxygen atoms in total. The van der Waals surface area contributed by atoms with Crippen molar-refractivity contribution in [3.63, 3.8) is 0 Å². The number of aryl methyl sites for hydroxylation is 1. The maximum atomic E-state index is 13.6. The Kier molecular flexibility index (Phi) is 16.9. The molecule has 7 N–H and O–H groups in total. The van der Waals surface area contributed by atoms with Crippen molar-refractivity contribution in [1.82, 2.24) is 16.1 Å². The Bertz CT molecular complexity index is 1180. The minimum Gasteiger partial charge on any atom is -0.481 e. The van der Waals surface area contributed by atoms with Crippen molar-refractivity contribution in [1.29, 1.82) is 0 Å². The smallest absolute Gasteiger partial charge is 0.300 e. The lowest BCUT2D eigenvalue weighted by Gasteiger charge is -2.28. The molecule has 0 aliphatic heterocycles. The van der Waals surface area contributed by atoms with Crippen LogP contribution in [0, 0.1) is 17.8 Å². The molecule has 11 heteroatoms. The molecule has 0 aliphatic carbocycles. The summed E-state index contributed by atoms with van der Waals surface area (Å²) in [5, 5.41) is 22.4. The van der Waals surface area contributed by atoms with Crippen molar-refractivity contribution in [2.45, 2.75) is 72.4 Å². The molecule has 0 saturated carbocycles. The first kappa shape index (κ1) is 36.8. The highest BCUT2D eigenvalue weighted by Crippen LogP contribution is 2.27. The normalized spacial score (nSPS) is 13.1. The van der Waals surface area contributed by atoms with Gasteiger partial charge in [-0.25, -0.2) is 5.48 Å². The topological polar surface area (TPSA) is 183 Å². The van der Waals surface area contributed by atoms with Gasteiger partial charge in [-0.3, -0.25) is 29.4 Å². The van der Waals surface area contributed by atoms with E-state index in [1.807, 2.05) is 68.4 Å². The van der Waals surface area contributed by atoms with Crippen LogP contribution in [-0.2, 0) is 38.6 Å². The number of carboxylic acids is 1. The molecule has 0 heterocycles. The second kappa shape index (κ2) is 19.8. The van der Waals surface area contributed by atoms with Crippen LogP contribution in [0.5, 0.6) is 0 Å². The number of carbonyl (C=O) groups excluding carboxylic acids is 3. The maximum absolute atomic E-state index is 13.6. The van der Waals surface area contributed by atoms with Gasteiger partial charge in [-0.1, -0.05) is 68.4 Å². The molecule has 1 unspecified atom stereocenters. The van der Waals surface area contributed by atoms with Crippen LogP contribution in [0.2, 0.25) is 0 Å². The summed E-state index contributed by atoms with van der Waals surface area (Å²) in [5.74, 6) is -2.95. The molecule has 0 bridgehead atoms. The van der Waals surface area contributed by atoms with Crippen LogP contribution in [0.4, 0.5) is 0 Å². The first-order valence-electron chi connectivity index (χ1n) is 14.4. The Morgan fingerprint density at radius 2 is 1.44 bits per heavy atom. The molecule has 43 heavy (non-hydrogen) atoms. The number of likely N-dealkylation sites (N-methyl/N-ethyl adjacent to an activating group) is 1. The molecule has 0 radical (unpaired) electrons. The van der Waals surface area contributed by atoms with Crippen molar-refractivity contribution < 1.29 is 29.5 Å². The number of rotatable bonds is 15. The van der Waals surface area contributed by atoms with Gasteiger partial charge in [0.05, 0.1) is 18.3 Å². The molecule has 0 fully saturated rings. The molecule has 2 rings (SSSR count). The summed E-state index contributed by atoms with van der Waals surface area (Å²) in [6.07, 6.45) is 2.56. The number of carbonyl (C=O) groups is 4. The Hall–Kier alpha value is -4.25. The van der Waals surface area contributed by atoms with Crippen molar-refractivity contribution >= 4 is 29.5 Å². The largest absolute Gasteiger partial charge is 0.481 e. The summed E-state index contributed by atoms with van der Waals surface area (Å²) in [6.45, 7) is 7.24. The third-order valence-electron chi connectivity index (χ3n) is 6.67. The number of aliphatic carboxylic acids is 1. The van der Waals surface area contributed by atoms with Gasteiger partial charge in [-0.15, -0.1) is 0 Å². The van der Waals surface area contributed by atoms with E-state index in [0.717, 1.165) is 30.0 Å². The number of nitrogens with two attached hydrogens (primary N) is 1. The highest BCUT2D eigenvalue weighted by molar-refractivity contribution is 5.91. The third kappa shape index (κ3) is 15.0. The van der Waals surface area contributed by atoms with E-state index in [0.29, 0.717) is 31.6 Å². The lowest BCUT2D eigenvalue weighted by molar-refractivity contribution is -0.142. The first-order chi connectivity index (χ1) is 20.4. The maximum Gasteiger partial charge on any atom is 0.300 e. The van der Waals surface area contributed by atoms with Crippen LogP contribution in [0.15, 0.2) is 59.6 Å². The number of amides is 3. The number of hydrogen-bond acceptors (Lipinski definition) is 6. The van der Waals surface area contributed by atoms with Gasteiger partial charge in [0.2, 0.25) is 17.7 Å². The number of hydroxylamine groups is 1. The van der Waals surface area contributed by atoms with Gasteiger partial charge in [0.1, 0.15) is 6.04 Å². The zero-order valence-corrected chi connectivity index (χ0v) is 25.8. The third-order valence-corrected chi connectivity index (χ3v) is 6.67. The van der Waals surface area contributed by atoms with Crippen LogP contribution in [0.25, 0.3) is 0 Å². The van der Waals surface area contributed by atoms with Crippen LogP contribution in [-0.4, -0.2) is 52.9 Å². The van der Waals surface area contributed by atoms with Gasteiger partial charge in [0, 0.05) is 26.3 Å². The van der Waals surface area contributed by atoms with E-state index in [1.54, 1.807) is 12.4 Å². The van der Waals surface area contributed by atoms with Gasteiger partial charge < -0.3 is 21.5 Å². The number of carboxylic acid groups (broad SMARTS) is 1. The van der Waals surface area contributed by atoms with Crippen molar-refractivity contribution in [2.24, 2.45) is 28.5 Å². The number of nitrogens with one attached hydrogen (secondary N) is 3. The highest BCUT2D eigenvalue weighted by atomic mass is 16.5. The molecular formula is C32H47N5O6. The summed E-state index contributed by atoms with van der Waals surface area (Å²) in [4.78, 5) is 52.3. The van der Waals surface area contributed by atoms with E-state index in [4.69, 9.17) is 15.6 Å². The Morgan fingerprint density at radius 3 is 1.95 bits per heavy atom. The monoisotopic (exact) mass is 597 g/mol. The Balaban J connectivity index is 0.00000217. The van der Waals surface area contributed by atoms with Crippen molar-refractivity contribution in [2.75, 3.05) is 7.05 Å². The fourth-order valence-electron chi connectivity index (χ4n) is 4.63. The molecule has 3 atom stereocenters. The predicted octanol–water partition coefficient (Wildman–Crippen LogP) is 3.23. The average Bonchev–Trinajstić information content (AvgIpc) is 2.97. The lowest BCUT2D eigenvalue weighted by atomic mass is 9.80. The molecular weight excluding hydrogens is 550 g/mol. The van der Waals surface area contributed by atoms with Gasteiger partial charge in [0.25, 0.3) is 5.97 Å². The van der Waals surface area contributed by atoms with E-state index in [9.17, 15) is 19.6 Å². The van der Waals surface area contributed by atoms with Crippen LogP contribution >= 0.6 is 0 Å². The average molecular weight is 598 g/mol. The molecule has 0 aliphatic rings. The minimum atomic E-state index is -0.833. The zero-order chi connectivity index (χ0) is 32.4. The van der Waals surface area contributed by atoms with E-state index in [-0.39, 0.29) is 24.2 Å². The van der Waals surface area contributed by atoms with Gasteiger partial charge in [0.15, 0.2) is 0 Å². The molecule has 0 spiro atoms. The van der Waals surface area contributed by atoms with E-state index in [1.165, 1.54) is 7.05 Å². The molecule has 0 aromatic heterocycles. The summed E-state index contributed by atoms with van der Waals surface area (Å²) in [6, 6.07) is 16.7. The van der Waals surface area contributed by atoms with E-state index in [2.05, 4.69) is 15.6 Å². The van der Waals surface area contributed by atoms with Crippen LogP contribution in [0.3, 0.4) is 0 Å². The first-order valence-corrected chi connectivity index (χ1v) is 14.4. The number of nitrogens with zero attached hydrogens (tertiary/aromatic N) is 1. The summed E-state index contributed by atoms with van der Waals surface area (Å²) in [7, 11) is 1.52. The predicted molar refractivity (Wildman–Crippen MR) is 166 cm³/mol. The SMILES string of the molecule is CC(=O)O.CNC(=O)[C@H](Cc1ccc(CN=C(C)N)cc1)NC(=O)[C@H](CC(C)C)C(CCCc1ccccc1)C(=O)NO. The second-order valence-corrected chi connectivity index (χ2v) is 10.9. The minimum absolute atomic E-state index is 0.120. The Labute approximate surface area is 254 Å². The van der Waals surface area contributed by atoms with Crippen LogP contribution < -0.4 is 21.8 Å². The summed E-state index contributed by atoms with van der Waals surface area (Å²) < 4.78 is 0. The molecule has 2 aromatic carbocycles. The quantitative estimate of drug-likeness (QED) is 0.0788. The number of amidine groups is 1. The fraction of sp³-hybridized carbons (Fsp3) is 0.469. The summed E-state index contributed by atoms with van der Waals surface area (Å²) in [5.41, 5.74) is 10.4. The fourth-order valence-corrected chi connectivity index (χ4v) is 4.63. The standard InChI is InChI=1S/C30H43N5O4.C2H4O2/c1-20(2)17-26(25(29(37)35-39)12-8-11-22-9-6-5-7-10-22)28(36)34-27(30(38)32-4)18-23-13-15-24(16-14-23)19-33-21(3)31;1-2(3)4/h5-7,9-10,13-16,20,25-27,39H,8,11-12,17-19H2,1-4H3,(H2,31,33)(H,32,38)(H,34,36)(H,35,37);1H3,(H,3,4)/t25?,26-,27+;/m1./s1. The summed E-state index contributed by atoms with van der Waals surface area (Å²) >= 11 is 0. The number of hydrogen-bond donors (Lipinski definition) is 6. The van der Waals surface area contributed by atoms with Crippen molar-refractivity contribution in [3.05, 3.63) is 71.3 Å². The second-order valence-electron chi connectivity index (χ2n) is 10.9.